The lowest BCUT2D eigenvalue weighted by Gasteiger charge is -2.33. The summed E-state index contributed by atoms with van der Waals surface area (Å²) in [6, 6.07) is 6.23. The molecule has 1 aromatic heterocycles. The largest absolute Gasteiger partial charge is 0.497 e. The van der Waals surface area contributed by atoms with Gasteiger partial charge in [-0.05, 0) is 55.6 Å². The van der Waals surface area contributed by atoms with Crippen molar-refractivity contribution in [3.8, 4) is 5.75 Å². The van der Waals surface area contributed by atoms with Gasteiger partial charge in [0.05, 0.1) is 7.11 Å². The zero-order valence-electron chi connectivity index (χ0n) is 14.2. The number of hydrogen-bond acceptors (Lipinski definition) is 4. The first-order valence-corrected chi connectivity index (χ1v) is 8.18. The minimum Gasteiger partial charge on any atom is -0.497 e. The quantitative estimate of drug-likeness (QED) is 0.832. The predicted molar refractivity (Wildman–Crippen MR) is 91.1 cm³/mol. The van der Waals surface area contributed by atoms with E-state index in [9.17, 15) is 0 Å². The molecule has 5 heteroatoms. The Morgan fingerprint density at radius 1 is 1.17 bits per heavy atom. The second-order valence-electron chi connectivity index (χ2n) is 6.13. The fourth-order valence-corrected chi connectivity index (χ4v) is 3.47. The predicted octanol–water partition coefficient (Wildman–Crippen LogP) is 2.97. The standard InChI is InChI=1S/C18H26N2O3/c1-21-14-4-5-17-15(10-14)16(11-19-17)13-6-8-20(9-7-13)12-18(22-2)23-3/h4-5,10-11,13,18-19H,6-9,12H2,1-3H3. The van der Waals surface area contributed by atoms with E-state index < -0.39 is 0 Å². The maximum absolute atomic E-state index is 5.37. The number of nitrogens with zero attached hydrogens (tertiary/aromatic N) is 1. The first-order chi connectivity index (χ1) is 11.2. The summed E-state index contributed by atoms with van der Waals surface area (Å²) in [5.41, 5.74) is 2.59. The van der Waals surface area contributed by atoms with E-state index in [2.05, 4.69) is 28.2 Å². The summed E-state index contributed by atoms with van der Waals surface area (Å²) in [5, 5.41) is 1.29. The van der Waals surface area contributed by atoms with Crippen LogP contribution in [0.15, 0.2) is 24.4 Å². The van der Waals surface area contributed by atoms with Crippen molar-refractivity contribution < 1.29 is 14.2 Å². The molecule has 1 fully saturated rings. The summed E-state index contributed by atoms with van der Waals surface area (Å²) in [4.78, 5) is 5.81. The third kappa shape index (κ3) is 3.52. The first kappa shape index (κ1) is 16.3. The summed E-state index contributed by atoms with van der Waals surface area (Å²) < 4.78 is 16.0. The van der Waals surface area contributed by atoms with Crippen LogP contribution in [-0.2, 0) is 9.47 Å². The van der Waals surface area contributed by atoms with E-state index >= 15 is 0 Å². The van der Waals surface area contributed by atoms with Crippen molar-refractivity contribution in [2.24, 2.45) is 0 Å². The van der Waals surface area contributed by atoms with Crippen molar-refractivity contribution in [2.45, 2.75) is 25.0 Å². The number of fused-ring (bicyclic) bond motifs is 1. The third-order valence-electron chi connectivity index (χ3n) is 4.88. The van der Waals surface area contributed by atoms with Gasteiger partial charge in [0, 0.05) is 37.9 Å². The molecule has 0 spiro atoms. The number of rotatable bonds is 6. The number of piperidine rings is 1. The molecule has 5 nitrogen and oxygen atoms in total. The maximum Gasteiger partial charge on any atom is 0.169 e. The second-order valence-corrected chi connectivity index (χ2v) is 6.13. The number of aromatic amines is 1. The Kier molecular flexibility index (Phi) is 5.20. The molecule has 0 aliphatic carbocycles. The van der Waals surface area contributed by atoms with Crippen LogP contribution in [0, 0.1) is 0 Å². The topological polar surface area (TPSA) is 46.7 Å². The Labute approximate surface area is 137 Å². The summed E-state index contributed by atoms with van der Waals surface area (Å²) in [5.74, 6) is 1.51. The lowest BCUT2D eigenvalue weighted by atomic mass is 9.89. The minimum absolute atomic E-state index is 0.135. The number of benzene rings is 1. The summed E-state index contributed by atoms with van der Waals surface area (Å²) in [7, 11) is 5.11. The van der Waals surface area contributed by atoms with Gasteiger partial charge in [-0.2, -0.15) is 0 Å². The van der Waals surface area contributed by atoms with Crippen molar-refractivity contribution in [3.63, 3.8) is 0 Å². The summed E-state index contributed by atoms with van der Waals surface area (Å²) in [6.45, 7) is 2.98. The van der Waals surface area contributed by atoms with Crippen LogP contribution < -0.4 is 4.74 Å². The van der Waals surface area contributed by atoms with Gasteiger partial charge in [-0.1, -0.05) is 0 Å². The molecule has 0 amide bonds. The Balaban J connectivity index is 1.68. The highest BCUT2D eigenvalue weighted by molar-refractivity contribution is 5.85. The molecule has 0 unspecified atom stereocenters. The lowest BCUT2D eigenvalue weighted by Crippen LogP contribution is -2.39. The van der Waals surface area contributed by atoms with Crippen LogP contribution in [0.1, 0.15) is 24.3 Å². The number of aromatic nitrogens is 1. The molecule has 1 aliphatic rings. The van der Waals surface area contributed by atoms with E-state index in [1.165, 1.54) is 16.5 Å². The van der Waals surface area contributed by atoms with Gasteiger partial charge in [0.2, 0.25) is 0 Å². The van der Waals surface area contributed by atoms with Gasteiger partial charge in [-0.15, -0.1) is 0 Å². The van der Waals surface area contributed by atoms with Crippen molar-refractivity contribution in [1.82, 2.24) is 9.88 Å². The van der Waals surface area contributed by atoms with Crippen molar-refractivity contribution in [1.29, 1.82) is 0 Å². The Morgan fingerprint density at radius 3 is 2.57 bits per heavy atom. The van der Waals surface area contributed by atoms with Crippen LogP contribution in [-0.4, -0.2) is 57.1 Å². The molecule has 23 heavy (non-hydrogen) atoms. The zero-order valence-corrected chi connectivity index (χ0v) is 14.2. The molecule has 0 saturated carbocycles. The van der Waals surface area contributed by atoms with E-state index in [4.69, 9.17) is 14.2 Å². The van der Waals surface area contributed by atoms with Crippen molar-refractivity contribution in [2.75, 3.05) is 41.0 Å². The van der Waals surface area contributed by atoms with Gasteiger partial charge in [-0.25, -0.2) is 0 Å². The number of methoxy groups -OCH3 is 3. The van der Waals surface area contributed by atoms with Crippen LogP contribution in [0.4, 0.5) is 0 Å². The first-order valence-electron chi connectivity index (χ1n) is 8.18. The molecule has 1 aliphatic heterocycles. The molecule has 2 heterocycles. The highest BCUT2D eigenvalue weighted by Gasteiger charge is 2.24. The normalized spacial score (nSPS) is 17.2. The number of hydrogen-bond donors (Lipinski definition) is 1. The molecule has 0 atom stereocenters. The van der Waals surface area contributed by atoms with Gasteiger partial charge in [0.1, 0.15) is 5.75 Å². The monoisotopic (exact) mass is 318 g/mol. The SMILES string of the molecule is COc1ccc2[nH]cc(C3CCN(CC(OC)OC)CC3)c2c1. The van der Waals surface area contributed by atoms with Crippen LogP contribution in [0.25, 0.3) is 10.9 Å². The fraction of sp³-hybridized carbons (Fsp3) is 0.556. The molecule has 1 N–H and O–H groups in total. The van der Waals surface area contributed by atoms with Crippen LogP contribution in [0.3, 0.4) is 0 Å². The van der Waals surface area contributed by atoms with Crippen molar-refractivity contribution in [3.05, 3.63) is 30.0 Å². The molecule has 2 aromatic rings. The van der Waals surface area contributed by atoms with Gasteiger partial charge >= 0.3 is 0 Å². The molecular weight excluding hydrogens is 292 g/mol. The number of H-pyrrole nitrogens is 1. The Bertz CT molecular complexity index is 628. The molecular formula is C18H26N2O3. The van der Waals surface area contributed by atoms with E-state index in [1.807, 2.05) is 6.07 Å². The second kappa shape index (κ2) is 7.34. The van der Waals surface area contributed by atoms with Gasteiger partial charge in [0.15, 0.2) is 6.29 Å². The molecule has 126 valence electrons. The van der Waals surface area contributed by atoms with Gasteiger partial charge in [0.25, 0.3) is 0 Å². The maximum atomic E-state index is 5.37. The smallest absolute Gasteiger partial charge is 0.169 e. The lowest BCUT2D eigenvalue weighted by molar-refractivity contribution is -0.118. The molecule has 0 radical (unpaired) electrons. The van der Waals surface area contributed by atoms with Crippen LogP contribution in [0.2, 0.25) is 0 Å². The Hall–Kier alpha value is -1.56. The third-order valence-corrected chi connectivity index (χ3v) is 4.88. The van der Waals surface area contributed by atoms with Gasteiger partial charge < -0.3 is 19.2 Å². The molecule has 1 aromatic carbocycles. The molecule has 1 saturated heterocycles. The van der Waals surface area contributed by atoms with E-state index in [1.54, 1.807) is 21.3 Å². The average molecular weight is 318 g/mol. The fourth-order valence-electron chi connectivity index (χ4n) is 3.47. The summed E-state index contributed by atoms with van der Waals surface area (Å²) >= 11 is 0. The zero-order chi connectivity index (χ0) is 16.2. The van der Waals surface area contributed by atoms with E-state index in [0.29, 0.717) is 5.92 Å². The van der Waals surface area contributed by atoms with Gasteiger partial charge in [-0.3, -0.25) is 4.90 Å². The number of ether oxygens (including phenoxy) is 3. The number of nitrogens with one attached hydrogen (secondary N) is 1. The molecule has 3 rings (SSSR count). The van der Waals surface area contributed by atoms with E-state index in [-0.39, 0.29) is 6.29 Å². The van der Waals surface area contributed by atoms with Crippen LogP contribution >= 0.6 is 0 Å². The van der Waals surface area contributed by atoms with Crippen LogP contribution in [0.5, 0.6) is 5.75 Å². The summed E-state index contributed by atoms with van der Waals surface area (Å²) in [6.07, 6.45) is 4.34. The number of likely N-dealkylation sites (tertiary alicyclic amines) is 1. The Morgan fingerprint density at radius 2 is 1.91 bits per heavy atom. The molecule has 0 bridgehead atoms. The minimum atomic E-state index is -0.135. The average Bonchev–Trinajstić information content (AvgIpc) is 3.03. The highest BCUT2D eigenvalue weighted by Crippen LogP contribution is 2.34. The highest BCUT2D eigenvalue weighted by atomic mass is 16.7. The van der Waals surface area contributed by atoms with E-state index in [0.717, 1.165) is 38.2 Å². The van der Waals surface area contributed by atoms with Crippen molar-refractivity contribution >= 4 is 10.9 Å².